The average Bonchev–Trinajstić information content (AvgIpc) is 2.17. The van der Waals surface area contributed by atoms with Gasteiger partial charge < -0.3 is 14.7 Å². The fourth-order valence-corrected chi connectivity index (χ4v) is 1.59. The third-order valence-electron chi connectivity index (χ3n) is 1.87. The van der Waals surface area contributed by atoms with E-state index in [2.05, 4.69) is 4.52 Å². The molecular weight excluding hydrogens is 251 g/mol. The van der Waals surface area contributed by atoms with Crippen molar-refractivity contribution in [2.75, 3.05) is 0 Å². The van der Waals surface area contributed by atoms with Crippen molar-refractivity contribution in [2.45, 2.75) is 12.8 Å². The molecule has 0 spiro atoms. The number of rotatable bonds is 5. The van der Waals surface area contributed by atoms with Crippen molar-refractivity contribution in [3.8, 4) is 11.5 Å². The van der Waals surface area contributed by atoms with Crippen molar-refractivity contribution in [3.05, 3.63) is 23.8 Å². The smallest absolute Gasteiger partial charge is 0.504 e. The highest BCUT2D eigenvalue weighted by atomic mass is 31.2. The Morgan fingerprint density at radius 2 is 2.00 bits per heavy atom. The summed E-state index contributed by atoms with van der Waals surface area (Å²) in [6.07, 6.45) is 0.108. The Labute approximate surface area is 96.5 Å². The molecule has 0 aliphatic heterocycles. The van der Waals surface area contributed by atoms with E-state index in [0.29, 0.717) is 5.56 Å². The first-order valence-corrected chi connectivity index (χ1v) is 6.10. The van der Waals surface area contributed by atoms with Crippen LogP contribution in [0, 0.1) is 0 Å². The highest BCUT2D eigenvalue weighted by Crippen LogP contribution is 2.41. The van der Waals surface area contributed by atoms with E-state index in [0.717, 1.165) is 0 Å². The van der Waals surface area contributed by atoms with Crippen LogP contribution in [-0.4, -0.2) is 26.0 Å². The first-order chi connectivity index (χ1) is 7.78. The van der Waals surface area contributed by atoms with Gasteiger partial charge in [-0.25, -0.2) is 4.57 Å². The second kappa shape index (κ2) is 5.18. The van der Waals surface area contributed by atoms with Crippen LogP contribution in [0.2, 0.25) is 0 Å². The lowest BCUT2D eigenvalue weighted by Gasteiger charge is -2.09. The molecule has 0 saturated carbocycles. The highest BCUT2D eigenvalue weighted by Gasteiger charge is 2.18. The van der Waals surface area contributed by atoms with Crippen molar-refractivity contribution in [1.82, 2.24) is 0 Å². The van der Waals surface area contributed by atoms with Gasteiger partial charge in [-0.05, 0) is 24.1 Å². The summed E-state index contributed by atoms with van der Waals surface area (Å²) in [5.74, 6) is -1.77. The fraction of sp³-hybridized carbons (Fsp3) is 0.222. The molecule has 0 radical (unpaired) electrons. The number of hydrogen-bond acceptors (Lipinski definition) is 4. The van der Waals surface area contributed by atoms with E-state index < -0.39 is 19.5 Å². The minimum Gasteiger partial charge on any atom is -0.504 e. The van der Waals surface area contributed by atoms with Crippen LogP contribution in [0.1, 0.15) is 12.0 Å². The number of carbonyl (C=O) groups is 1. The minimum absolute atomic E-state index is 0.0991. The molecule has 0 saturated heterocycles. The number of aryl methyl sites for hydroxylation is 1. The molecule has 1 aromatic rings. The number of carboxylic acid groups (broad SMARTS) is 1. The summed E-state index contributed by atoms with van der Waals surface area (Å²) in [7, 11) is -4.71. The average molecular weight is 262 g/mol. The summed E-state index contributed by atoms with van der Waals surface area (Å²) in [5.41, 5.74) is 0.531. The number of phosphoric ester groups is 1. The van der Waals surface area contributed by atoms with Crippen molar-refractivity contribution in [1.29, 1.82) is 0 Å². The van der Waals surface area contributed by atoms with Crippen molar-refractivity contribution in [3.63, 3.8) is 0 Å². The molecule has 0 aromatic heterocycles. The molecule has 7 nitrogen and oxygen atoms in total. The SMILES string of the molecule is O=C(O)CCc1ccc(OP(=O)(O)O)c(O)c1. The van der Waals surface area contributed by atoms with E-state index in [4.69, 9.17) is 14.9 Å². The van der Waals surface area contributed by atoms with Crippen LogP contribution in [0.4, 0.5) is 0 Å². The summed E-state index contributed by atoms with van der Waals surface area (Å²) >= 11 is 0. The van der Waals surface area contributed by atoms with Gasteiger partial charge in [-0.15, -0.1) is 0 Å². The van der Waals surface area contributed by atoms with Crippen molar-refractivity contribution in [2.24, 2.45) is 0 Å². The molecule has 0 unspecified atom stereocenters. The Bertz CT molecular complexity index is 464. The van der Waals surface area contributed by atoms with Crippen LogP contribution in [0.5, 0.6) is 11.5 Å². The summed E-state index contributed by atoms with van der Waals surface area (Å²) in [6.45, 7) is 0. The van der Waals surface area contributed by atoms with Crippen LogP contribution >= 0.6 is 7.82 Å². The molecule has 4 N–H and O–H groups in total. The zero-order valence-corrected chi connectivity index (χ0v) is 9.50. The Hall–Kier alpha value is -1.56. The number of hydrogen-bond donors (Lipinski definition) is 4. The summed E-state index contributed by atoms with van der Waals surface area (Å²) in [4.78, 5) is 27.4. The van der Waals surface area contributed by atoms with Gasteiger partial charge in [-0.1, -0.05) is 6.07 Å². The monoisotopic (exact) mass is 262 g/mol. The van der Waals surface area contributed by atoms with E-state index >= 15 is 0 Å². The number of carboxylic acids is 1. The minimum atomic E-state index is -4.71. The molecule has 0 fully saturated rings. The van der Waals surface area contributed by atoms with Crippen LogP contribution in [0.25, 0.3) is 0 Å². The Balaban J connectivity index is 2.79. The lowest BCUT2D eigenvalue weighted by molar-refractivity contribution is -0.136. The quantitative estimate of drug-likeness (QED) is 0.580. The number of phosphoric acid groups is 1. The standard InChI is InChI=1S/C9H11O7P/c10-7-5-6(2-4-9(11)12)1-3-8(7)16-17(13,14)15/h1,3,5,10H,2,4H2,(H,11,12)(H2,13,14,15). The highest BCUT2D eigenvalue weighted by molar-refractivity contribution is 7.46. The largest absolute Gasteiger partial charge is 0.524 e. The molecule has 0 bridgehead atoms. The number of aromatic hydroxyl groups is 1. The summed E-state index contributed by atoms with van der Waals surface area (Å²) in [6, 6.07) is 3.80. The van der Waals surface area contributed by atoms with Crippen molar-refractivity contribution < 1.29 is 33.9 Å². The Morgan fingerprint density at radius 1 is 1.35 bits per heavy atom. The van der Waals surface area contributed by atoms with Gasteiger partial charge in [-0.3, -0.25) is 14.6 Å². The second-order valence-electron chi connectivity index (χ2n) is 3.28. The van der Waals surface area contributed by atoms with Gasteiger partial charge in [0.1, 0.15) is 0 Å². The topological polar surface area (TPSA) is 124 Å². The van der Waals surface area contributed by atoms with Gasteiger partial charge in [-0.2, -0.15) is 0 Å². The van der Waals surface area contributed by atoms with Crippen LogP contribution in [0.15, 0.2) is 18.2 Å². The predicted octanol–water partition coefficient (Wildman–Crippen LogP) is 0.881. The molecule has 17 heavy (non-hydrogen) atoms. The van der Waals surface area contributed by atoms with Gasteiger partial charge in [0, 0.05) is 6.42 Å². The van der Waals surface area contributed by atoms with Gasteiger partial charge in [0.15, 0.2) is 11.5 Å². The predicted molar refractivity (Wildman–Crippen MR) is 56.7 cm³/mol. The summed E-state index contributed by atoms with van der Waals surface area (Å²) < 4.78 is 14.7. The van der Waals surface area contributed by atoms with Gasteiger partial charge in [0.25, 0.3) is 0 Å². The molecule has 1 rings (SSSR count). The number of phenols is 1. The molecule has 0 amide bonds. The number of aliphatic carboxylic acids is 1. The van der Waals surface area contributed by atoms with Crippen molar-refractivity contribution >= 4 is 13.8 Å². The zero-order chi connectivity index (χ0) is 13.1. The van der Waals surface area contributed by atoms with E-state index in [-0.39, 0.29) is 18.6 Å². The van der Waals surface area contributed by atoms with Crippen LogP contribution < -0.4 is 4.52 Å². The molecule has 8 heteroatoms. The third-order valence-corrected chi connectivity index (χ3v) is 2.30. The second-order valence-corrected chi connectivity index (χ2v) is 4.44. The molecule has 0 atom stereocenters. The molecule has 0 aliphatic carbocycles. The molecule has 94 valence electrons. The first-order valence-electron chi connectivity index (χ1n) is 4.57. The van der Waals surface area contributed by atoms with E-state index in [1.165, 1.54) is 18.2 Å². The van der Waals surface area contributed by atoms with Gasteiger partial charge in [0.2, 0.25) is 0 Å². The maximum atomic E-state index is 10.5. The first kappa shape index (κ1) is 13.5. The summed E-state index contributed by atoms with van der Waals surface area (Å²) in [5, 5.41) is 17.9. The lowest BCUT2D eigenvalue weighted by atomic mass is 10.1. The van der Waals surface area contributed by atoms with E-state index in [1.807, 2.05) is 0 Å². The molecule has 0 aliphatic rings. The zero-order valence-electron chi connectivity index (χ0n) is 8.61. The van der Waals surface area contributed by atoms with Crippen LogP contribution in [0.3, 0.4) is 0 Å². The third kappa shape index (κ3) is 4.86. The van der Waals surface area contributed by atoms with Gasteiger partial charge >= 0.3 is 13.8 Å². The molecular formula is C9H11O7P. The van der Waals surface area contributed by atoms with Gasteiger partial charge in [0.05, 0.1) is 0 Å². The van der Waals surface area contributed by atoms with Crippen LogP contribution in [-0.2, 0) is 15.8 Å². The van der Waals surface area contributed by atoms with E-state index in [1.54, 1.807) is 0 Å². The molecule has 1 aromatic carbocycles. The Morgan fingerprint density at radius 3 is 2.47 bits per heavy atom. The fourth-order valence-electron chi connectivity index (χ4n) is 1.18. The molecule has 0 heterocycles. The van der Waals surface area contributed by atoms with E-state index in [9.17, 15) is 14.5 Å². The number of benzene rings is 1. The lowest BCUT2D eigenvalue weighted by Crippen LogP contribution is -1.97. The normalized spacial score (nSPS) is 11.2. The maximum Gasteiger partial charge on any atom is 0.524 e. The Kier molecular flexibility index (Phi) is 4.11. The maximum absolute atomic E-state index is 10.5. The number of phenolic OH excluding ortho intramolecular Hbond substituents is 1.